The molecule has 0 atom stereocenters. The summed E-state index contributed by atoms with van der Waals surface area (Å²) in [5.74, 6) is 5.51. The van der Waals surface area contributed by atoms with Crippen molar-refractivity contribution in [2.24, 2.45) is 0 Å². The molecule has 10 aromatic rings. The van der Waals surface area contributed by atoms with Gasteiger partial charge in [-0.15, -0.1) is 0 Å². The quantitative estimate of drug-likeness (QED) is 0.150. The van der Waals surface area contributed by atoms with Gasteiger partial charge >= 0.3 is 0 Å². The molecule has 0 saturated carbocycles. The van der Waals surface area contributed by atoms with Gasteiger partial charge in [-0.3, -0.25) is 0 Å². The van der Waals surface area contributed by atoms with Crippen molar-refractivity contribution in [3.63, 3.8) is 0 Å². The first-order valence-corrected chi connectivity index (χ1v) is 22.2. The summed E-state index contributed by atoms with van der Waals surface area (Å²) in [7, 11) is 0. The van der Waals surface area contributed by atoms with Crippen molar-refractivity contribution >= 4 is 0 Å². The van der Waals surface area contributed by atoms with E-state index in [1.54, 1.807) is 0 Å². The van der Waals surface area contributed by atoms with Crippen molar-refractivity contribution in [2.75, 3.05) is 0 Å². The molecule has 1 aliphatic heterocycles. The van der Waals surface area contributed by atoms with E-state index in [4.69, 9.17) is 34.6 Å². The summed E-state index contributed by atoms with van der Waals surface area (Å²) in [6.07, 6.45) is 0. The number of hydrogen-bond acceptors (Lipinski definition) is 7. The van der Waals surface area contributed by atoms with Crippen LogP contribution in [-0.4, -0.2) is 29.9 Å². The van der Waals surface area contributed by atoms with E-state index in [2.05, 4.69) is 137 Å². The van der Waals surface area contributed by atoms with Gasteiger partial charge in [0.25, 0.3) is 0 Å². The van der Waals surface area contributed by atoms with Gasteiger partial charge in [-0.25, -0.2) is 29.9 Å². The molecule has 0 amide bonds. The largest absolute Gasteiger partial charge is 0.457 e. The molecule has 1 aliphatic rings. The van der Waals surface area contributed by atoms with Crippen LogP contribution >= 0.6 is 0 Å². The summed E-state index contributed by atoms with van der Waals surface area (Å²) in [6.45, 7) is 8.73. The molecule has 0 fully saturated rings. The Morgan fingerprint density at radius 3 is 1.06 bits per heavy atom. The fraction of sp³-hybridized carbons (Fsp3) is 0.0847. The van der Waals surface area contributed by atoms with Crippen molar-refractivity contribution in [2.45, 2.75) is 33.1 Å². The van der Waals surface area contributed by atoms with Gasteiger partial charge < -0.3 is 4.74 Å². The van der Waals surface area contributed by atoms with Crippen LogP contribution in [0.15, 0.2) is 194 Å². The van der Waals surface area contributed by atoms with Crippen LogP contribution in [0, 0.1) is 13.8 Å². The topological polar surface area (TPSA) is 86.6 Å². The smallest absolute Gasteiger partial charge is 0.164 e. The molecule has 8 aromatic carbocycles. The third kappa shape index (κ3) is 7.60. The molecule has 11 rings (SSSR count). The van der Waals surface area contributed by atoms with Crippen molar-refractivity contribution < 1.29 is 4.74 Å². The highest BCUT2D eigenvalue weighted by molar-refractivity contribution is 5.78. The normalized spacial score (nSPS) is 12.5. The predicted octanol–water partition coefficient (Wildman–Crippen LogP) is 14.4. The van der Waals surface area contributed by atoms with Crippen LogP contribution in [0.4, 0.5) is 0 Å². The minimum absolute atomic E-state index is 0.382. The van der Waals surface area contributed by atoms with Crippen LogP contribution in [0.25, 0.3) is 90.6 Å². The van der Waals surface area contributed by atoms with Gasteiger partial charge in [-0.2, -0.15) is 0 Å². The highest BCUT2D eigenvalue weighted by Crippen LogP contribution is 2.50. The molecular weight excluding hydrogens is 809 g/mol. The summed E-state index contributed by atoms with van der Waals surface area (Å²) in [5.41, 5.74) is 14.0. The van der Waals surface area contributed by atoms with Crippen molar-refractivity contribution in [1.82, 2.24) is 29.9 Å². The number of rotatable bonds is 8. The predicted molar refractivity (Wildman–Crippen MR) is 265 cm³/mol. The lowest BCUT2D eigenvalue weighted by atomic mass is 9.74. The number of fused-ring (bicyclic) bond motifs is 2. The molecule has 0 bridgehead atoms. The second kappa shape index (κ2) is 16.6. The summed E-state index contributed by atoms with van der Waals surface area (Å²) in [5, 5.41) is 0. The van der Waals surface area contributed by atoms with E-state index in [-0.39, 0.29) is 5.41 Å². The second-order valence-electron chi connectivity index (χ2n) is 17.3. The maximum atomic E-state index is 6.67. The van der Waals surface area contributed by atoms with Gasteiger partial charge in [-0.05, 0) is 83.6 Å². The van der Waals surface area contributed by atoms with E-state index in [9.17, 15) is 0 Å². The molecule has 0 saturated heterocycles. The molecule has 0 spiro atoms. The van der Waals surface area contributed by atoms with Crippen LogP contribution < -0.4 is 4.74 Å². The summed E-state index contributed by atoms with van der Waals surface area (Å²) < 4.78 is 6.67. The zero-order valence-corrected chi connectivity index (χ0v) is 37.1. The molecule has 66 heavy (non-hydrogen) atoms. The fourth-order valence-electron chi connectivity index (χ4n) is 8.84. The Balaban J connectivity index is 0.936. The summed E-state index contributed by atoms with van der Waals surface area (Å²) in [6, 6.07) is 66.5. The highest BCUT2D eigenvalue weighted by Gasteiger charge is 2.35. The Hall–Kier alpha value is -8.42. The fourth-order valence-corrected chi connectivity index (χ4v) is 8.84. The zero-order valence-electron chi connectivity index (χ0n) is 37.1. The zero-order chi connectivity index (χ0) is 44.8. The molecule has 2 aromatic heterocycles. The lowest BCUT2D eigenvalue weighted by Gasteiger charge is -2.35. The van der Waals surface area contributed by atoms with E-state index >= 15 is 0 Å². The number of nitrogens with zero attached hydrogens (tertiary/aromatic N) is 6. The number of hydrogen-bond donors (Lipinski definition) is 0. The SMILES string of the molecule is Cc1ccccc1-c1nc(-c2ccccc2)nc(-c2cccc(-c3ccc4c(c3)C(C)(C)c3cc(-c5cccc(-c6nc(-c7ccccc7)nc(-c7ccccc7C)n6)c5)ccc3O4)c2)n1. The Kier molecular flexibility index (Phi) is 10.2. The lowest BCUT2D eigenvalue weighted by molar-refractivity contribution is 0.418. The minimum atomic E-state index is -0.382. The van der Waals surface area contributed by atoms with Gasteiger partial charge in [0.2, 0.25) is 0 Å². The van der Waals surface area contributed by atoms with Gasteiger partial charge in [-0.1, -0.05) is 172 Å². The molecule has 7 nitrogen and oxygen atoms in total. The first-order chi connectivity index (χ1) is 32.2. The maximum Gasteiger partial charge on any atom is 0.164 e. The first kappa shape index (κ1) is 40.4. The molecule has 3 heterocycles. The van der Waals surface area contributed by atoms with Crippen LogP contribution in [0.2, 0.25) is 0 Å². The van der Waals surface area contributed by atoms with Crippen molar-refractivity contribution in [3.05, 3.63) is 216 Å². The number of aryl methyl sites for hydroxylation is 2. The highest BCUT2D eigenvalue weighted by atomic mass is 16.5. The first-order valence-electron chi connectivity index (χ1n) is 22.2. The molecule has 0 unspecified atom stereocenters. The van der Waals surface area contributed by atoms with E-state index in [0.717, 1.165) is 89.4 Å². The number of benzene rings is 8. The van der Waals surface area contributed by atoms with Crippen LogP contribution in [0.5, 0.6) is 11.5 Å². The van der Waals surface area contributed by atoms with Gasteiger partial charge in [0.05, 0.1) is 0 Å². The number of ether oxygens (including phenoxy) is 1. The van der Waals surface area contributed by atoms with Crippen LogP contribution in [-0.2, 0) is 5.41 Å². The summed E-state index contributed by atoms with van der Waals surface area (Å²) >= 11 is 0. The molecule has 0 N–H and O–H groups in total. The monoisotopic (exact) mass is 852 g/mol. The maximum absolute atomic E-state index is 6.67. The van der Waals surface area contributed by atoms with E-state index < -0.39 is 0 Å². The third-order valence-electron chi connectivity index (χ3n) is 12.5. The lowest BCUT2D eigenvalue weighted by Crippen LogP contribution is -2.24. The van der Waals surface area contributed by atoms with Crippen molar-refractivity contribution in [1.29, 1.82) is 0 Å². The van der Waals surface area contributed by atoms with Crippen LogP contribution in [0.1, 0.15) is 36.1 Å². The Bertz CT molecular complexity index is 3230. The van der Waals surface area contributed by atoms with Crippen LogP contribution in [0.3, 0.4) is 0 Å². The average molecular weight is 853 g/mol. The number of aromatic nitrogens is 6. The van der Waals surface area contributed by atoms with Gasteiger partial charge in [0, 0.05) is 49.9 Å². The van der Waals surface area contributed by atoms with E-state index in [1.165, 1.54) is 0 Å². The minimum Gasteiger partial charge on any atom is -0.457 e. The van der Waals surface area contributed by atoms with E-state index in [0.29, 0.717) is 34.9 Å². The molecule has 0 aliphatic carbocycles. The average Bonchev–Trinajstić information content (AvgIpc) is 3.37. The summed E-state index contributed by atoms with van der Waals surface area (Å²) in [4.78, 5) is 30.1. The third-order valence-corrected chi connectivity index (χ3v) is 12.5. The van der Waals surface area contributed by atoms with Crippen molar-refractivity contribution in [3.8, 4) is 102 Å². The molecule has 316 valence electrons. The molecule has 7 heteroatoms. The molecule has 0 radical (unpaired) electrons. The standard InChI is InChI=1S/C59H44N6O/c1-37-17-11-13-27-47(37)57-62-53(39-19-7-5-8-20-39)60-55(64-57)45-25-15-23-41(33-45)43-29-31-51-49(35-43)59(3,4)50-36-44(30-32-52(50)66-51)42-24-16-26-46(34-42)56-61-54(40-21-9-6-10-22-40)63-58(65-56)48-28-14-12-18-38(48)2/h5-36H,1-4H3. The second-order valence-corrected chi connectivity index (χ2v) is 17.3. The Morgan fingerprint density at radius 2 is 0.636 bits per heavy atom. The van der Waals surface area contributed by atoms with Gasteiger partial charge in [0.15, 0.2) is 34.9 Å². The molecular formula is C59H44N6O. The van der Waals surface area contributed by atoms with E-state index in [1.807, 2.05) is 84.9 Å². The Labute approximate surface area is 384 Å². The van der Waals surface area contributed by atoms with Gasteiger partial charge in [0.1, 0.15) is 11.5 Å². The Morgan fingerprint density at radius 1 is 0.303 bits per heavy atom.